The van der Waals surface area contributed by atoms with Gasteiger partial charge in [-0.25, -0.2) is 0 Å². The van der Waals surface area contributed by atoms with Crippen molar-refractivity contribution in [3.8, 4) is 0 Å². The number of alkyl halides is 1. The summed E-state index contributed by atoms with van der Waals surface area (Å²) in [7, 11) is 0. The Kier molecular flexibility index (Phi) is 1.53. The first-order valence-corrected chi connectivity index (χ1v) is 2.84. The Bertz CT molecular complexity index is 139. The molecule has 0 fully saturated rings. The number of nitrogens with two attached hydrogens (primary N) is 1. The Morgan fingerprint density at radius 3 is 3.00 bits per heavy atom. The molecule has 1 heterocycles. The minimum atomic E-state index is -0.139. The van der Waals surface area contributed by atoms with Gasteiger partial charge in [0.1, 0.15) is 5.50 Å². The van der Waals surface area contributed by atoms with Crippen molar-refractivity contribution in [2.24, 2.45) is 10.7 Å². The van der Waals surface area contributed by atoms with Crippen molar-refractivity contribution in [1.29, 1.82) is 0 Å². The van der Waals surface area contributed by atoms with E-state index in [0.717, 1.165) is 5.70 Å². The summed E-state index contributed by atoms with van der Waals surface area (Å²) in [5, 5.41) is 0. The summed E-state index contributed by atoms with van der Waals surface area (Å²) in [6.45, 7) is 0. The molecular formula is C5H7ClN2. The molecule has 1 rings (SSSR count). The zero-order valence-corrected chi connectivity index (χ0v) is 5.10. The second-order valence-corrected chi connectivity index (χ2v) is 2.18. The van der Waals surface area contributed by atoms with Crippen molar-refractivity contribution in [2.75, 3.05) is 0 Å². The van der Waals surface area contributed by atoms with Crippen molar-refractivity contribution in [3.05, 3.63) is 11.8 Å². The molecule has 0 bridgehead atoms. The molecule has 0 aromatic heterocycles. The number of dihydropyridines is 1. The number of aliphatic imine (C=N–C) groups is 1. The van der Waals surface area contributed by atoms with Gasteiger partial charge in [-0.2, -0.15) is 0 Å². The highest BCUT2D eigenvalue weighted by molar-refractivity contribution is 6.21. The summed E-state index contributed by atoms with van der Waals surface area (Å²) >= 11 is 5.59. The lowest BCUT2D eigenvalue weighted by atomic mass is 10.3. The maximum Gasteiger partial charge on any atom is 0.129 e. The summed E-state index contributed by atoms with van der Waals surface area (Å²) < 4.78 is 0. The molecule has 2 N–H and O–H groups in total. The van der Waals surface area contributed by atoms with Crippen LogP contribution in [-0.2, 0) is 0 Å². The van der Waals surface area contributed by atoms with Crippen LogP contribution in [0.3, 0.4) is 0 Å². The number of hydrogen-bond acceptors (Lipinski definition) is 2. The SMILES string of the molecule is NC1=CC=NC(Cl)C1. The van der Waals surface area contributed by atoms with Crippen molar-refractivity contribution < 1.29 is 0 Å². The summed E-state index contributed by atoms with van der Waals surface area (Å²) in [4.78, 5) is 3.86. The first-order valence-electron chi connectivity index (χ1n) is 2.41. The standard InChI is InChI=1S/C5H7ClN2/c6-5-3-4(7)1-2-8-5/h1-2,5H,3,7H2. The number of halogens is 1. The van der Waals surface area contributed by atoms with Gasteiger partial charge in [0.05, 0.1) is 0 Å². The average Bonchev–Trinajstić information content (AvgIpc) is 1.64. The quantitative estimate of drug-likeness (QED) is 0.384. The smallest absolute Gasteiger partial charge is 0.129 e. The average molecular weight is 131 g/mol. The molecule has 0 aromatic carbocycles. The molecule has 0 saturated heterocycles. The summed E-state index contributed by atoms with van der Waals surface area (Å²) in [5.74, 6) is 0. The third-order valence-electron chi connectivity index (χ3n) is 0.941. The third kappa shape index (κ3) is 1.23. The van der Waals surface area contributed by atoms with Gasteiger partial charge in [-0.3, -0.25) is 4.99 Å². The number of rotatable bonds is 0. The molecule has 0 saturated carbocycles. The molecule has 0 amide bonds. The van der Waals surface area contributed by atoms with Gasteiger partial charge in [-0.1, -0.05) is 11.6 Å². The lowest BCUT2D eigenvalue weighted by Gasteiger charge is -2.06. The molecule has 44 valence electrons. The highest BCUT2D eigenvalue weighted by Crippen LogP contribution is 2.10. The predicted octanol–water partition coefficient (Wildman–Crippen LogP) is 0.868. The van der Waals surface area contributed by atoms with E-state index in [4.69, 9.17) is 17.3 Å². The van der Waals surface area contributed by atoms with Crippen LogP contribution in [0.2, 0.25) is 0 Å². The van der Waals surface area contributed by atoms with Crippen LogP contribution in [0.15, 0.2) is 16.8 Å². The van der Waals surface area contributed by atoms with Crippen molar-refractivity contribution in [1.82, 2.24) is 0 Å². The Labute approximate surface area is 53.0 Å². The van der Waals surface area contributed by atoms with Gasteiger partial charge >= 0.3 is 0 Å². The van der Waals surface area contributed by atoms with Crippen LogP contribution in [0, 0.1) is 0 Å². The van der Waals surface area contributed by atoms with Gasteiger partial charge in [0.15, 0.2) is 0 Å². The van der Waals surface area contributed by atoms with Crippen LogP contribution in [-0.4, -0.2) is 11.7 Å². The van der Waals surface area contributed by atoms with Crippen molar-refractivity contribution in [2.45, 2.75) is 11.9 Å². The van der Waals surface area contributed by atoms with E-state index < -0.39 is 0 Å². The van der Waals surface area contributed by atoms with Crippen LogP contribution < -0.4 is 5.73 Å². The fourth-order valence-electron chi connectivity index (χ4n) is 0.547. The molecule has 2 nitrogen and oxygen atoms in total. The van der Waals surface area contributed by atoms with E-state index in [9.17, 15) is 0 Å². The minimum Gasteiger partial charge on any atom is -0.402 e. The number of hydrogen-bond donors (Lipinski definition) is 1. The normalized spacial score (nSPS) is 27.6. The van der Waals surface area contributed by atoms with E-state index in [-0.39, 0.29) is 5.50 Å². The van der Waals surface area contributed by atoms with Gasteiger partial charge in [-0.05, 0) is 6.08 Å². The molecule has 0 aliphatic carbocycles. The van der Waals surface area contributed by atoms with Gasteiger partial charge in [-0.15, -0.1) is 0 Å². The van der Waals surface area contributed by atoms with Gasteiger partial charge in [0, 0.05) is 18.3 Å². The van der Waals surface area contributed by atoms with E-state index in [2.05, 4.69) is 4.99 Å². The minimum absolute atomic E-state index is 0.139. The molecule has 0 spiro atoms. The Morgan fingerprint density at radius 1 is 1.88 bits per heavy atom. The van der Waals surface area contributed by atoms with E-state index in [1.54, 1.807) is 12.3 Å². The molecule has 1 aliphatic rings. The van der Waals surface area contributed by atoms with Gasteiger partial charge in [0.25, 0.3) is 0 Å². The first-order chi connectivity index (χ1) is 3.79. The second-order valence-electron chi connectivity index (χ2n) is 1.68. The molecule has 1 atom stereocenters. The summed E-state index contributed by atoms with van der Waals surface area (Å²) in [6.07, 6.45) is 4.08. The molecular weight excluding hydrogens is 124 g/mol. The molecule has 0 aromatic rings. The van der Waals surface area contributed by atoms with Gasteiger partial charge in [0.2, 0.25) is 0 Å². The molecule has 1 aliphatic heterocycles. The molecule has 3 heteroatoms. The Hall–Kier alpha value is -0.500. The first kappa shape index (κ1) is 5.63. The van der Waals surface area contributed by atoms with Crippen LogP contribution in [0.1, 0.15) is 6.42 Å². The molecule has 8 heavy (non-hydrogen) atoms. The van der Waals surface area contributed by atoms with Crippen LogP contribution in [0.4, 0.5) is 0 Å². The lowest BCUT2D eigenvalue weighted by Crippen LogP contribution is -2.08. The number of allylic oxidation sites excluding steroid dienone is 1. The maximum absolute atomic E-state index is 5.59. The summed E-state index contributed by atoms with van der Waals surface area (Å²) in [6, 6.07) is 0. The van der Waals surface area contributed by atoms with Crippen LogP contribution in [0.25, 0.3) is 0 Å². The van der Waals surface area contributed by atoms with E-state index in [1.807, 2.05) is 0 Å². The summed E-state index contributed by atoms with van der Waals surface area (Å²) in [5.41, 5.74) is 6.08. The van der Waals surface area contributed by atoms with E-state index in [0.29, 0.717) is 6.42 Å². The molecule has 1 unspecified atom stereocenters. The Balaban J connectivity index is 2.59. The predicted molar refractivity (Wildman–Crippen MR) is 35.0 cm³/mol. The number of nitrogens with zero attached hydrogens (tertiary/aromatic N) is 1. The second kappa shape index (κ2) is 2.18. The topological polar surface area (TPSA) is 38.4 Å². The zero-order valence-electron chi connectivity index (χ0n) is 4.34. The largest absolute Gasteiger partial charge is 0.402 e. The van der Waals surface area contributed by atoms with Crippen molar-refractivity contribution >= 4 is 17.8 Å². The highest BCUT2D eigenvalue weighted by Gasteiger charge is 2.04. The monoisotopic (exact) mass is 130 g/mol. The zero-order chi connectivity index (χ0) is 5.98. The third-order valence-corrected chi connectivity index (χ3v) is 1.21. The van der Waals surface area contributed by atoms with E-state index in [1.165, 1.54) is 0 Å². The van der Waals surface area contributed by atoms with Crippen LogP contribution >= 0.6 is 11.6 Å². The van der Waals surface area contributed by atoms with Crippen molar-refractivity contribution in [3.63, 3.8) is 0 Å². The highest BCUT2D eigenvalue weighted by atomic mass is 35.5. The Morgan fingerprint density at radius 2 is 2.62 bits per heavy atom. The van der Waals surface area contributed by atoms with E-state index >= 15 is 0 Å². The maximum atomic E-state index is 5.59. The lowest BCUT2D eigenvalue weighted by molar-refractivity contribution is 0.860. The van der Waals surface area contributed by atoms with Gasteiger partial charge < -0.3 is 5.73 Å². The molecule has 0 radical (unpaired) electrons. The fourth-order valence-corrected chi connectivity index (χ4v) is 0.791. The van der Waals surface area contributed by atoms with Crippen LogP contribution in [0.5, 0.6) is 0 Å². The fraction of sp³-hybridized carbons (Fsp3) is 0.400.